The molecule has 0 radical (unpaired) electrons. The van der Waals surface area contributed by atoms with E-state index < -0.39 is 6.10 Å². The van der Waals surface area contributed by atoms with E-state index in [1.165, 1.54) is 32.1 Å². The molecule has 0 aliphatic heterocycles. The Kier molecular flexibility index (Phi) is 6.94. The fraction of sp³-hybridized carbons (Fsp3) is 0.650. The number of hydrogen-bond donors (Lipinski definition) is 1. The molecule has 0 saturated heterocycles. The number of rotatable bonds is 5. The highest BCUT2D eigenvalue weighted by Gasteiger charge is 2.20. The maximum atomic E-state index is 12.5. The Morgan fingerprint density at radius 2 is 1.65 bits per heavy atom. The van der Waals surface area contributed by atoms with Crippen molar-refractivity contribution in [3.8, 4) is 5.75 Å². The van der Waals surface area contributed by atoms with Crippen molar-refractivity contribution in [2.75, 3.05) is 0 Å². The third-order valence-electron chi connectivity index (χ3n) is 4.67. The van der Waals surface area contributed by atoms with Gasteiger partial charge in [-0.3, -0.25) is 4.79 Å². The van der Waals surface area contributed by atoms with Gasteiger partial charge in [-0.1, -0.05) is 64.2 Å². The smallest absolute Gasteiger partial charge is 0.260 e. The van der Waals surface area contributed by atoms with E-state index in [9.17, 15) is 4.79 Å². The van der Waals surface area contributed by atoms with Crippen LogP contribution >= 0.6 is 0 Å². The van der Waals surface area contributed by atoms with E-state index in [0.717, 1.165) is 24.2 Å². The molecule has 1 saturated carbocycles. The number of hydrogen-bond acceptors (Lipinski definition) is 2. The fourth-order valence-electron chi connectivity index (χ4n) is 3.23. The Hall–Kier alpha value is -1.51. The molecule has 1 fully saturated rings. The number of benzene rings is 1. The highest BCUT2D eigenvalue weighted by Crippen LogP contribution is 2.26. The van der Waals surface area contributed by atoms with Crippen LogP contribution in [0.2, 0.25) is 0 Å². The van der Waals surface area contributed by atoms with E-state index >= 15 is 0 Å². The van der Waals surface area contributed by atoms with E-state index in [2.05, 4.69) is 25.2 Å². The van der Waals surface area contributed by atoms with Crippen molar-refractivity contribution in [1.82, 2.24) is 5.32 Å². The van der Waals surface area contributed by atoms with Gasteiger partial charge in [0, 0.05) is 6.04 Å². The summed E-state index contributed by atoms with van der Waals surface area (Å²) in [4.78, 5) is 12.5. The van der Waals surface area contributed by atoms with Crippen LogP contribution in [0.1, 0.15) is 77.2 Å². The zero-order valence-electron chi connectivity index (χ0n) is 14.8. The van der Waals surface area contributed by atoms with Gasteiger partial charge in [0.05, 0.1) is 0 Å². The van der Waals surface area contributed by atoms with Crippen molar-refractivity contribution in [3.63, 3.8) is 0 Å². The Balaban J connectivity index is 1.92. The van der Waals surface area contributed by atoms with Crippen molar-refractivity contribution in [3.05, 3.63) is 29.8 Å². The van der Waals surface area contributed by atoms with Crippen LogP contribution in [0, 0.1) is 0 Å². The molecule has 1 aliphatic rings. The van der Waals surface area contributed by atoms with Crippen LogP contribution in [0.15, 0.2) is 24.3 Å². The van der Waals surface area contributed by atoms with Gasteiger partial charge in [-0.05, 0) is 37.3 Å². The van der Waals surface area contributed by atoms with Crippen molar-refractivity contribution in [1.29, 1.82) is 0 Å². The average molecular weight is 317 g/mol. The highest BCUT2D eigenvalue weighted by molar-refractivity contribution is 5.81. The Morgan fingerprint density at radius 3 is 2.30 bits per heavy atom. The van der Waals surface area contributed by atoms with Gasteiger partial charge in [-0.2, -0.15) is 0 Å². The average Bonchev–Trinajstić information content (AvgIpc) is 2.50. The molecule has 1 unspecified atom stereocenters. The normalized spacial score (nSPS) is 18.1. The molecule has 0 spiro atoms. The van der Waals surface area contributed by atoms with Gasteiger partial charge in [0.15, 0.2) is 6.10 Å². The van der Waals surface area contributed by atoms with Crippen molar-refractivity contribution in [2.24, 2.45) is 0 Å². The monoisotopic (exact) mass is 317 g/mol. The number of amides is 1. The summed E-state index contributed by atoms with van der Waals surface area (Å²) in [5.41, 5.74) is 1.15. The summed E-state index contributed by atoms with van der Waals surface area (Å²) in [6.07, 6.45) is 8.10. The Labute approximate surface area is 140 Å². The van der Waals surface area contributed by atoms with Gasteiger partial charge in [-0.25, -0.2) is 0 Å². The zero-order valence-corrected chi connectivity index (χ0v) is 14.8. The molecular weight excluding hydrogens is 286 g/mol. The van der Waals surface area contributed by atoms with Crippen LogP contribution < -0.4 is 10.1 Å². The third-order valence-corrected chi connectivity index (χ3v) is 4.67. The molecule has 2 rings (SSSR count). The first kappa shape index (κ1) is 17.8. The predicted octanol–water partition coefficient (Wildman–Crippen LogP) is 4.81. The minimum absolute atomic E-state index is 0.00846. The summed E-state index contributed by atoms with van der Waals surface area (Å²) in [6, 6.07) is 8.31. The maximum Gasteiger partial charge on any atom is 0.260 e. The number of para-hydroxylation sites is 1. The summed E-state index contributed by atoms with van der Waals surface area (Å²) in [7, 11) is 0. The lowest BCUT2D eigenvalue weighted by Gasteiger charge is -2.24. The molecule has 1 aromatic carbocycles. The number of ether oxygens (including phenoxy) is 1. The van der Waals surface area contributed by atoms with Crippen LogP contribution in [0.5, 0.6) is 5.75 Å². The lowest BCUT2D eigenvalue weighted by molar-refractivity contribution is -0.128. The molecule has 1 aliphatic carbocycles. The molecule has 128 valence electrons. The van der Waals surface area contributed by atoms with Crippen molar-refractivity contribution < 1.29 is 9.53 Å². The number of nitrogens with one attached hydrogen (secondary N) is 1. The molecule has 0 aromatic heterocycles. The lowest BCUT2D eigenvalue weighted by Crippen LogP contribution is -2.42. The summed E-state index contributed by atoms with van der Waals surface area (Å²) < 4.78 is 5.95. The molecule has 1 N–H and O–H groups in total. The minimum atomic E-state index is -0.458. The van der Waals surface area contributed by atoms with Crippen LogP contribution in [0.3, 0.4) is 0 Å². The minimum Gasteiger partial charge on any atom is -0.481 e. The van der Waals surface area contributed by atoms with Crippen LogP contribution in [-0.4, -0.2) is 18.1 Å². The quantitative estimate of drug-likeness (QED) is 0.846. The summed E-state index contributed by atoms with van der Waals surface area (Å²) >= 11 is 0. The standard InChI is InChI=1S/C20H31NO2/c1-15(2)18-13-9-10-14-19(18)23-16(3)20(22)21-17-11-7-5-4-6-8-12-17/h9-10,13-17H,4-8,11-12H2,1-3H3,(H,21,22). The highest BCUT2D eigenvalue weighted by atomic mass is 16.5. The molecule has 1 atom stereocenters. The molecule has 0 heterocycles. The van der Waals surface area contributed by atoms with Crippen molar-refractivity contribution >= 4 is 5.91 Å². The van der Waals surface area contributed by atoms with Gasteiger partial charge in [0.25, 0.3) is 5.91 Å². The Bertz CT molecular complexity index is 490. The van der Waals surface area contributed by atoms with Crippen LogP contribution in [0.25, 0.3) is 0 Å². The molecule has 3 heteroatoms. The lowest BCUT2D eigenvalue weighted by atomic mass is 9.96. The predicted molar refractivity (Wildman–Crippen MR) is 94.9 cm³/mol. The third kappa shape index (κ3) is 5.56. The number of carbonyl (C=O) groups is 1. The summed E-state index contributed by atoms with van der Waals surface area (Å²) in [5, 5.41) is 3.19. The molecule has 3 nitrogen and oxygen atoms in total. The van der Waals surface area contributed by atoms with Crippen molar-refractivity contribution in [2.45, 2.75) is 83.8 Å². The number of carbonyl (C=O) groups excluding carboxylic acids is 1. The topological polar surface area (TPSA) is 38.3 Å². The summed E-state index contributed by atoms with van der Waals surface area (Å²) in [6.45, 7) is 6.12. The van der Waals surface area contributed by atoms with E-state index in [1.54, 1.807) is 0 Å². The Morgan fingerprint density at radius 1 is 1.04 bits per heavy atom. The van der Waals surface area contributed by atoms with Gasteiger partial charge >= 0.3 is 0 Å². The molecule has 1 aromatic rings. The van der Waals surface area contributed by atoms with E-state index in [0.29, 0.717) is 12.0 Å². The van der Waals surface area contributed by atoms with Gasteiger partial charge in [-0.15, -0.1) is 0 Å². The van der Waals surface area contributed by atoms with E-state index in [1.807, 2.05) is 25.1 Å². The SMILES string of the molecule is CC(Oc1ccccc1C(C)C)C(=O)NC1CCCCCCC1. The van der Waals surface area contributed by atoms with E-state index in [4.69, 9.17) is 4.74 Å². The molecule has 23 heavy (non-hydrogen) atoms. The first-order valence-corrected chi connectivity index (χ1v) is 9.14. The molecule has 0 bridgehead atoms. The second-order valence-electron chi connectivity index (χ2n) is 7.00. The first-order valence-electron chi connectivity index (χ1n) is 9.14. The summed E-state index contributed by atoms with van der Waals surface area (Å²) in [5.74, 6) is 1.21. The van der Waals surface area contributed by atoms with Crippen LogP contribution in [0.4, 0.5) is 0 Å². The van der Waals surface area contributed by atoms with Gasteiger partial charge < -0.3 is 10.1 Å². The molecular formula is C20H31NO2. The maximum absolute atomic E-state index is 12.5. The van der Waals surface area contributed by atoms with Crippen LogP contribution in [-0.2, 0) is 4.79 Å². The van der Waals surface area contributed by atoms with E-state index in [-0.39, 0.29) is 5.91 Å². The second-order valence-corrected chi connectivity index (χ2v) is 7.00. The molecule has 1 amide bonds. The first-order chi connectivity index (χ1) is 11.1. The van der Waals surface area contributed by atoms with Gasteiger partial charge in [0.2, 0.25) is 0 Å². The van der Waals surface area contributed by atoms with Gasteiger partial charge in [0.1, 0.15) is 5.75 Å². The zero-order chi connectivity index (χ0) is 16.7. The fourth-order valence-corrected chi connectivity index (χ4v) is 3.23. The largest absolute Gasteiger partial charge is 0.481 e. The second kappa shape index (κ2) is 8.95.